The molecule has 0 saturated heterocycles. The molecular weight excluding hydrogens is 315 g/mol. The average molecular weight is 324 g/mol. The van der Waals surface area contributed by atoms with Crippen LogP contribution in [0.3, 0.4) is 0 Å². The van der Waals surface area contributed by atoms with Gasteiger partial charge >= 0.3 is 113 Å². The van der Waals surface area contributed by atoms with Gasteiger partial charge in [-0.15, -0.1) is 0 Å². The molecule has 0 N–H and O–H groups in total. The van der Waals surface area contributed by atoms with Gasteiger partial charge < -0.3 is 0 Å². The molecule has 2 nitrogen and oxygen atoms in total. The molecule has 0 aliphatic heterocycles. The average Bonchev–Trinajstić information content (AvgIpc) is 2.66. The van der Waals surface area contributed by atoms with Crippen molar-refractivity contribution < 1.29 is 8.78 Å². The zero-order valence-electron chi connectivity index (χ0n) is 9.77. The third-order valence-electron chi connectivity index (χ3n) is 2.80. The van der Waals surface area contributed by atoms with Crippen molar-refractivity contribution in [3.63, 3.8) is 0 Å². The Bertz CT molecular complexity index is 786. The van der Waals surface area contributed by atoms with Crippen LogP contribution in [0.2, 0.25) is 0 Å². The van der Waals surface area contributed by atoms with Gasteiger partial charge in [0.05, 0.1) is 0 Å². The van der Waals surface area contributed by atoms with Gasteiger partial charge in [-0.2, -0.15) is 0 Å². The second kappa shape index (κ2) is 4.76. The first kappa shape index (κ1) is 12.3. The predicted octanol–water partition coefficient (Wildman–Crippen LogP) is 2.39. The summed E-state index contributed by atoms with van der Waals surface area (Å²) in [6, 6.07) is 10.8. The third-order valence-corrected chi connectivity index (χ3v) is 5.04. The molecule has 0 radical (unpaired) electrons. The van der Waals surface area contributed by atoms with Crippen molar-refractivity contribution in [1.29, 1.82) is 0 Å². The van der Waals surface area contributed by atoms with Crippen molar-refractivity contribution in [2.75, 3.05) is 0 Å². The van der Waals surface area contributed by atoms with Crippen molar-refractivity contribution >= 4 is 24.4 Å². The van der Waals surface area contributed by atoms with Crippen LogP contribution >= 0.6 is 0 Å². The summed E-state index contributed by atoms with van der Waals surface area (Å²) < 4.78 is 28.9. The predicted molar refractivity (Wildman–Crippen MR) is 70.6 cm³/mol. The van der Waals surface area contributed by atoms with E-state index >= 15 is 0 Å². The molecule has 0 unspecified atom stereocenters. The second-order valence-electron chi connectivity index (χ2n) is 4.21. The Hall–Kier alpha value is -1.71. The number of hydrogen-bond acceptors (Lipinski definition) is 1. The van der Waals surface area contributed by atoms with Crippen LogP contribution in [0.1, 0.15) is 5.56 Å². The minimum atomic E-state index is -0.619. The zero-order valence-corrected chi connectivity index (χ0v) is 11.5. The molecule has 0 bridgehead atoms. The number of halogens is 2. The zero-order chi connectivity index (χ0) is 13.4. The van der Waals surface area contributed by atoms with Gasteiger partial charge in [-0.05, 0) is 0 Å². The van der Waals surface area contributed by atoms with E-state index in [1.807, 2.05) is 18.2 Å². The Morgan fingerprint density at radius 2 is 1.74 bits per heavy atom. The molecule has 19 heavy (non-hydrogen) atoms. The molecule has 0 amide bonds. The van der Waals surface area contributed by atoms with Crippen LogP contribution in [0.25, 0.3) is 9.65 Å². The van der Waals surface area contributed by atoms with Crippen molar-refractivity contribution in [3.8, 4) is 0 Å². The summed E-state index contributed by atoms with van der Waals surface area (Å²) in [5, 5.41) is 0.694. The molecular formula is C14H9F2NOSe. The van der Waals surface area contributed by atoms with E-state index < -0.39 is 11.6 Å². The van der Waals surface area contributed by atoms with Crippen molar-refractivity contribution in [1.82, 2.24) is 3.56 Å². The van der Waals surface area contributed by atoms with E-state index in [9.17, 15) is 13.6 Å². The van der Waals surface area contributed by atoms with Crippen LogP contribution in [0, 0.1) is 11.6 Å². The van der Waals surface area contributed by atoms with Gasteiger partial charge in [0.1, 0.15) is 0 Å². The minimum absolute atomic E-state index is 0.0692. The van der Waals surface area contributed by atoms with Gasteiger partial charge in [0.15, 0.2) is 0 Å². The Morgan fingerprint density at radius 1 is 1.05 bits per heavy atom. The van der Waals surface area contributed by atoms with E-state index in [0.29, 0.717) is 10.9 Å². The first-order chi connectivity index (χ1) is 9.13. The number of rotatable bonds is 2. The Kier molecular flexibility index (Phi) is 3.09. The molecule has 2 aromatic carbocycles. The number of aromatic nitrogens is 1. The second-order valence-corrected chi connectivity index (χ2v) is 6.44. The summed E-state index contributed by atoms with van der Waals surface area (Å²) in [6.07, 6.45) is 0. The van der Waals surface area contributed by atoms with E-state index in [1.165, 1.54) is 12.1 Å². The molecule has 0 aliphatic rings. The van der Waals surface area contributed by atoms with E-state index in [0.717, 1.165) is 10.3 Å². The van der Waals surface area contributed by atoms with Gasteiger partial charge in [-0.1, -0.05) is 0 Å². The summed E-state index contributed by atoms with van der Waals surface area (Å²) in [4.78, 5) is 12.1. The maximum atomic E-state index is 13.1. The van der Waals surface area contributed by atoms with Crippen molar-refractivity contribution in [3.05, 3.63) is 70.0 Å². The molecule has 0 atom stereocenters. The fourth-order valence-corrected chi connectivity index (χ4v) is 4.14. The molecule has 3 rings (SSSR count). The fourth-order valence-electron chi connectivity index (χ4n) is 1.99. The summed E-state index contributed by atoms with van der Waals surface area (Å²) >= 11 is -0.129. The third kappa shape index (κ3) is 2.39. The van der Waals surface area contributed by atoms with Gasteiger partial charge in [0, 0.05) is 0 Å². The number of benzene rings is 2. The number of fused-ring (bicyclic) bond motifs is 1. The van der Waals surface area contributed by atoms with Crippen LogP contribution in [0.4, 0.5) is 8.78 Å². The van der Waals surface area contributed by atoms with Crippen LogP contribution in [0.15, 0.2) is 47.3 Å². The van der Waals surface area contributed by atoms with E-state index in [4.69, 9.17) is 0 Å². The maximum absolute atomic E-state index is 13.1. The van der Waals surface area contributed by atoms with Gasteiger partial charge in [-0.25, -0.2) is 0 Å². The summed E-state index contributed by atoms with van der Waals surface area (Å²) in [5.41, 5.74) is 0.404. The molecule has 96 valence electrons. The Labute approximate surface area is 113 Å². The summed E-state index contributed by atoms with van der Waals surface area (Å²) in [7, 11) is 0. The molecule has 3 aromatic rings. The fraction of sp³-hybridized carbons (Fsp3) is 0.0714. The van der Waals surface area contributed by atoms with Crippen molar-refractivity contribution in [2.45, 2.75) is 6.54 Å². The van der Waals surface area contributed by atoms with Crippen LogP contribution in [-0.4, -0.2) is 18.3 Å². The molecule has 0 aliphatic carbocycles. The van der Waals surface area contributed by atoms with Gasteiger partial charge in [0.25, 0.3) is 0 Å². The first-order valence-corrected chi connectivity index (χ1v) is 7.29. The first-order valence-electron chi connectivity index (χ1n) is 5.67. The summed E-state index contributed by atoms with van der Waals surface area (Å²) in [5.74, 6) is -1.24. The number of nitrogens with zero attached hydrogens (tertiary/aromatic N) is 1. The SMILES string of the molecule is O=c1c2ccccc2[se]n1Cc1cc(F)cc(F)c1. The van der Waals surface area contributed by atoms with Gasteiger partial charge in [-0.3, -0.25) is 0 Å². The molecule has 0 spiro atoms. The Morgan fingerprint density at radius 3 is 2.42 bits per heavy atom. The standard InChI is InChI=1S/C14H9F2NOSe/c15-10-5-9(6-11(16)7-10)8-17-14(18)12-3-1-2-4-13(12)19-17/h1-7H,8H2. The normalized spacial score (nSPS) is 11.1. The van der Waals surface area contributed by atoms with Crippen LogP contribution in [0.5, 0.6) is 0 Å². The molecule has 5 heteroatoms. The monoisotopic (exact) mass is 325 g/mol. The Balaban J connectivity index is 2.06. The van der Waals surface area contributed by atoms with Crippen LogP contribution in [-0.2, 0) is 6.54 Å². The molecule has 1 aromatic heterocycles. The van der Waals surface area contributed by atoms with Crippen LogP contribution < -0.4 is 5.56 Å². The summed E-state index contributed by atoms with van der Waals surface area (Å²) in [6.45, 7) is 0.238. The number of hydrogen-bond donors (Lipinski definition) is 0. The van der Waals surface area contributed by atoms with E-state index in [-0.39, 0.29) is 26.8 Å². The van der Waals surface area contributed by atoms with Crippen molar-refractivity contribution in [2.24, 2.45) is 0 Å². The van der Waals surface area contributed by atoms with E-state index in [2.05, 4.69) is 0 Å². The molecule has 0 saturated carbocycles. The molecule has 0 fully saturated rings. The topological polar surface area (TPSA) is 22.0 Å². The molecule has 1 heterocycles. The quantitative estimate of drug-likeness (QED) is 0.664. The van der Waals surface area contributed by atoms with Gasteiger partial charge in [0.2, 0.25) is 0 Å². The van der Waals surface area contributed by atoms with E-state index in [1.54, 1.807) is 9.63 Å².